The number of halogens is 1. The fourth-order valence-corrected chi connectivity index (χ4v) is 2.13. The number of aromatic amines is 1. The summed E-state index contributed by atoms with van der Waals surface area (Å²) in [7, 11) is 2.91. The van der Waals surface area contributed by atoms with Crippen LogP contribution < -0.4 is 9.47 Å². The molecule has 1 heterocycles. The van der Waals surface area contributed by atoms with Crippen molar-refractivity contribution in [2.75, 3.05) is 14.2 Å². The van der Waals surface area contributed by atoms with E-state index in [1.165, 1.54) is 14.2 Å². The first-order chi connectivity index (χ1) is 8.67. The maximum absolute atomic E-state index is 11.2. The molecule has 1 aromatic carbocycles. The van der Waals surface area contributed by atoms with Crippen LogP contribution in [0, 0.1) is 0 Å². The lowest BCUT2D eigenvalue weighted by atomic mass is 10.1. The molecule has 18 heavy (non-hydrogen) atoms. The monoisotopic (exact) mass is 267 g/mol. The van der Waals surface area contributed by atoms with E-state index in [-0.39, 0.29) is 16.3 Å². The first kappa shape index (κ1) is 12.4. The first-order valence-electron chi connectivity index (χ1n) is 5.04. The van der Waals surface area contributed by atoms with E-state index < -0.39 is 0 Å². The largest absolute Gasteiger partial charge is 0.496 e. The van der Waals surface area contributed by atoms with E-state index in [1.807, 2.05) is 0 Å². The summed E-state index contributed by atoms with van der Waals surface area (Å²) < 4.78 is 10.3. The number of hydrogen-bond acceptors (Lipinski definition) is 4. The average molecular weight is 268 g/mol. The summed E-state index contributed by atoms with van der Waals surface area (Å²) in [6.45, 7) is 0. The molecule has 0 aliphatic carbocycles. The highest BCUT2D eigenvalue weighted by Gasteiger charge is 2.20. The minimum absolute atomic E-state index is 0.162. The zero-order chi connectivity index (χ0) is 13.3. The molecule has 0 fully saturated rings. The summed E-state index contributed by atoms with van der Waals surface area (Å²) in [5.74, 6) is 0.774. The molecule has 0 saturated heterocycles. The third-order valence-corrected chi connectivity index (χ3v) is 3.01. The van der Waals surface area contributed by atoms with Crippen molar-refractivity contribution in [1.29, 1.82) is 0 Å². The summed E-state index contributed by atoms with van der Waals surface area (Å²) >= 11 is 5.92. The van der Waals surface area contributed by atoms with Gasteiger partial charge in [0.05, 0.1) is 30.9 Å². The van der Waals surface area contributed by atoms with E-state index in [2.05, 4.69) is 4.98 Å². The van der Waals surface area contributed by atoms with E-state index in [4.69, 9.17) is 21.1 Å². The van der Waals surface area contributed by atoms with Crippen LogP contribution in [0.4, 0.5) is 0 Å². The zero-order valence-electron chi connectivity index (χ0n) is 9.74. The highest BCUT2D eigenvalue weighted by Crippen LogP contribution is 2.38. The lowest BCUT2D eigenvalue weighted by Gasteiger charge is -2.09. The molecular formula is C12H10ClNO4. The number of ether oxygens (including phenoxy) is 2. The molecule has 0 amide bonds. The molecule has 94 valence electrons. The van der Waals surface area contributed by atoms with Crippen molar-refractivity contribution in [1.82, 2.24) is 4.98 Å². The van der Waals surface area contributed by atoms with E-state index in [0.29, 0.717) is 35.0 Å². The van der Waals surface area contributed by atoms with Crippen LogP contribution in [0.15, 0.2) is 6.07 Å². The SMILES string of the molecule is COc1cc(OC)c2[nH]c(Cl)c(C=O)c2c1C=O. The van der Waals surface area contributed by atoms with Crippen LogP contribution in [-0.4, -0.2) is 31.8 Å². The molecule has 0 unspecified atom stereocenters. The van der Waals surface area contributed by atoms with E-state index in [9.17, 15) is 9.59 Å². The van der Waals surface area contributed by atoms with Gasteiger partial charge >= 0.3 is 0 Å². The highest BCUT2D eigenvalue weighted by atomic mass is 35.5. The summed E-state index contributed by atoms with van der Waals surface area (Å²) in [5, 5.41) is 0.566. The molecule has 6 heteroatoms. The molecule has 0 atom stereocenters. The number of fused-ring (bicyclic) bond motifs is 1. The van der Waals surface area contributed by atoms with Crippen molar-refractivity contribution in [3.63, 3.8) is 0 Å². The second kappa shape index (κ2) is 4.70. The predicted octanol–water partition coefficient (Wildman–Crippen LogP) is 2.46. The second-order valence-electron chi connectivity index (χ2n) is 3.53. The molecular weight excluding hydrogens is 258 g/mol. The number of nitrogens with one attached hydrogen (secondary N) is 1. The topological polar surface area (TPSA) is 68.4 Å². The van der Waals surface area contributed by atoms with Gasteiger partial charge in [0, 0.05) is 11.5 Å². The van der Waals surface area contributed by atoms with Crippen LogP contribution >= 0.6 is 11.6 Å². The lowest BCUT2D eigenvalue weighted by Crippen LogP contribution is -1.95. The van der Waals surface area contributed by atoms with Crippen molar-refractivity contribution in [3.05, 3.63) is 22.3 Å². The Balaban J connectivity index is 3.00. The minimum atomic E-state index is 0.162. The van der Waals surface area contributed by atoms with Crippen LogP contribution in [0.5, 0.6) is 11.5 Å². The Morgan fingerprint density at radius 3 is 2.22 bits per heavy atom. The van der Waals surface area contributed by atoms with Crippen molar-refractivity contribution in [2.45, 2.75) is 0 Å². The maximum atomic E-state index is 11.2. The van der Waals surface area contributed by atoms with Crippen molar-refractivity contribution < 1.29 is 19.1 Å². The molecule has 0 bridgehead atoms. The van der Waals surface area contributed by atoms with Crippen molar-refractivity contribution >= 4 is 35.1 Å². The number of hydrogen-bond donors (Lipinski definition) is 1. The Labute approximate surface area is 108 Å². The van der Waals surface area contributed by atoms with Gasteiger partial charge in [0.2, 0.25) is 0 Å². The quantitative estimate of drug-likeness (QED) is 0.864. The molecule has 1 aromatic heterocycles. The smallest absolute Gasteiger partial charge is 0.154 e. The van der Waals surface area contributed by atoms with Gasteiger partial charge in [0.25, 0.3) is 0 Å². The Morgan fingerprint density at radius 1 is 1.11 bits per heavy atom. The van der Waals surface area contributed by atoms with Gasteiger partial charge in [-0.25, -0.2) is 0 Å². The molecule has 0 saturated carbocycles. The molecule has 1 N–H and O–H groups in total. The zero-order valence-corrected chi connectivity index (χ0v) is 10.5. The van der Waals surface area contributed by atoms with Gasteiger partial charge in [-0.2, -0.15) is 0 Å². The predicted molar refractivity (Wildman–Crippen MR) is 67.2 cm³/mol. The van der Waals surface area contributed by atoms with Gasteiger partial charge in [-0.05, 0) is 0 Å². The Kier molecular flexibility index (Phi) is 3.25. The van der Waals surface area contributed by atoms with Crippen LogP contribution in [0.3, 0.4) is 0 Å². The molecule has 2 rings (SSSR count). The fourth-order valence-electron chi connectivity index (χ4n) is 1.90. The van der Waals surface area contributed by atoms with Crippen molar-refractivity contribution in [3.8, 4) is 11.5 Å². The molecule has 0 aliphatic rings. The van der Waals surface area contributed by atoms with Gasteiger partial charge < -0.3 is 14.5 Å². The summed E-state index contributed by atoms with van der Waals surface area (Å²) in [4.78, 5) is 25.1. The standard InChI is InChI=1S/C12H10ClNO4/c1-17-8-3-9(18-2)11-10(6(8)4-15)7(5-16)12(13)14-11/h3-5,14H,1-2H3. The third-order valence-electron chi connectivity index (χ3n) is 2.71. The van der Waals surface area contributed by atoms with E-state index in [1.54, 1.807) is 6.07 Å². The van der Waals surface area contributed by atoms with Crippen LogP contribution in [0.2, 0.25) is 5.15 Å². The molecule has 5 nitrogen and oxygen atoms in total. The number of H-pyrrole nitrogens is 1. The van der Waals surface area contributed by atoms with Gasteiger partial charge in [-0.15, -0.1) is 0 Å². The minimum Gasteiger partial charge on any atom is -0.496 e. The number of aromatic nitrogens is 1. The fraction of sp³-hybridized carbons (Fsp3) is 0.167. The summed E-state index contributed by atoms with van der Waals surface area (Å²) in [6.07, 6.45) is 1.21. The van der Waals surface area contributed by atoms with Crippen LogP contribution in [0.1, 0.15) is 20.7 Å². The van der Waals surface area contributed by atoms with Gasteiger partial charge in [0.15, 0.2) is 12.6 Å². The van der Waals surface area contributed by atoms with Crippen LogP contribution in [0.25, 0.3) is 10.9 Å². The van der Waals surface area contributed by atoms with Gasteiger partial charge in [0.1, 0.15) is 16.7 Å². The van der Waals surface area contributed by atoms with Gasteiger partial charge in [-0.1, -0.05) is 11.6 Å². The van der Waals surface area contributed by atoms with Gasteiger partial charge in [-0.3, -0.25) is 9.59 Å². The number of rotatable bonds is 4. The normalized spacial score (nSPS) is 10.4. The first-order valence-corrected chi connectivity index (χ1v) is 5.42. The third kappa shape index (κ3) is 1.64. The van der Waals surface area contributed by atoms with Crippen LogP contribution in [-0.2, 0) is 0 Å². The molecule has 2 aromatic rings. The number of methoxy groups -OCH3 is 2. The highest BCUT2D eigenvalue weighted by molar-refractivity contribution is 6.34. The number of carbonyl (C=O) groups excluding carboxylic acids is 2. The average Bonchev–Trinajstić information content (AvgIpc) is 2.72. The van der Waals surface area contributed by atoms with E-state index in [0.717, 1.165) is 0 Å². The van der Waals surface area contributed by atoms with E-state index >= 15 is 0 Å². The second-order valence-corrected chi connectivity index (χ2v) is 3.91. The lowest BCUT2D eigenvalue weighted by molar-refractivity contribution is 0.111. The number of aldehydes is 2. The number of benzene rings is 1. The molecule has 0 aliphatic heterocycles. The Bertz CT molecular complexity index is 633. The summed E-state index contributed by atoms with van der Waals surface area (Å²) in [5.41, 5.74) is 0.969. The number of carbonyl (C=O) groups is 2. The van der Waals surface area contributed by atoms with Crippen molar-refractivity contribution in [2.24, 2.45) is 0 Å². The molecule has 0 radical (unpaired) electrons. The molecule has 0 spiro atoms. The summed E-state index contributed by atoms with van der Waals surface area (Å²) in [6, 6.07) is 1.56. The maximum Gasteiger partial charge on any atom is 0.154 e. The Morgan fingerprint density at radius 2 is 1.72 bits per heavy atom. The Hall–Kier alpha value is -2.01.